The molecule has 184 valence electrons. The lowest BCUT2D eigenvalue weighted by atomic mass is 9.94. The summed E-state index contributed by atoms with van der Waals surface area (Å²) in [4.78, 5) is 32.3. The van der Waals surface area contributed by atoms with Gasteiger partial charge in [-0.15, -0.1) is 0 Å². The SMILES string of the molecule is CCCOc1cccc([C@H]2/C(=C(\O)c3ccc4c(c3)C[C@H](C)O4)C(=O)C(=O)N2Cc2cccnc2)c1. The Balaban J connectivity index is 1.61. The molecule has 0 radical (unpaired) electrons. The van der Waals surface area contributed by atoms with Crippen molar-refractivity contribution in [3.63, 3.8) is 0 Å². The van der Waals surface area contributed by atoms with Gasteiger partial charge in [0, 0.05) is 30.9 Å². The van der Waals surface area contributed by atoms with Gasteiger partial charge in [0.25, 0.3) is 11.7 Å². The van der Waals surface area contributed by atoms with Gasteiger partial charge in [0.15, 0.2) is 0 Å². The van der Waals surface area contributed by atoms with Crippen LogP contribution in [0.25, 0.3) is 5.76 Å². The van der Waals surface area contributed by atoms with Crippen LogP contribution in [0.15, 0.2) is 72.6 Å². The molecule has 7 heteroatoms. The van der Waals surface area contributed by atoms with Crippen molar-refractivity contribution in [1.82, 2.24) is 9.88 Å². The van der Waals surface area contributed by atoms with E-state index in [2.05, 4.69) is 4.98 Å². The number of carbonyl (C=O) groups is 2. The molecule has 0 aliphatic carbocycles. The molecule has 5 rings (SSSR count). The predicted octanol–water partition coefficient (Wildman–Crippen LogP) is 4.82. The molecule has 2 atom stereocenters. The Labute approximate surface area is 210 Å². The number of rotatable bonds is 7. The van der Waals surface area contributed by atoms with E-state index in [9.17, 15) is 14.7 Å². The van der Waals surface area contributed by atoms with Gasteiger partial charge in [-0.1, -0.05) is 25.1 Å². The third-order valence-corrected chi connectivity index (χ3v) is 6.43. The van der Waals surface area contributed by atoms with Crippen LogP contribution in [0.1, 0.15) is 48.6 Å². The third kappa shape index (κ3) is 4.44. The summed E-state index contributed by atoms with van der Waals surface area (Å²) in [6, 6.07) is 15.6. The summed E-state index contributed by atoms with van der Waals surface area (Å²) in [5, 5.41) is 11.4. The number of hydrogen-bond acceptors (Lipinski definition) is 6. The summed E-state index contributed by atoms with van der Waals surface area (Å²) in [6.07, 6.45) is 4.94. The van der Waals surface area contributed by atoms with Crippen LogP contribution in [-0.2, 0) is 22.6 Å². The number of aliphatic hydroxyl groups is 1. The Bertz CT molecular complexity index is 1330. The number of hydrogen-bond donors (Lipinski definition) is 1. The average Bonchev–Trinajstić information content (AvgIpc) is 3.39. The molecule has 0 bridgehead atoms. The highest BCUT2D eigenvalue weighted by molar-refractivity contribution is 6.46. The molecule has 2 aliphatic rings. The van der Waals surface area contributed by atoms with Crippen molar-refractivity contribution in [2.45, 2.75) is 45.4 Å². The predicted molar refractivity (Wildman–Crippen MR) is 135 cm³/mol. The van der Waals surface area contributed by atoms with Crippen LogP contribution in [0.3, 0.4) is 0 Å². The monoisotopic (exact) mass is 484 g/mol. The maximum atomic E-state index is 13.4. The van der Waals surface area contributed by atoms with Crippen LogP contribution in [0.2, 0.25) is 0 Å². The van der Waals surface area contributed by atoms with E-state index < -0.39 is 17.7 Å². The van der Waals surface area contributed by atoms with Crippen LogP contribution in [0.4, 0.5) is 0 Å². The van der Waals surface area contributed by atoms with Gasteiger partial charge in [0.1, 0.15) is 23.4 Å². The largest absolute Gasteiger partial charge is 0.507 e. The molecule has 36 heavy (non-hydrogen) atoms. The number of ketones is 1. The van der Waals surface area contributed by atoms with Crippen molar-refractivity contribution < 1.29 is 24.2 Å². The average molecular weight is 485 g/mol. The Hall–Kier alpha value is -4.13. The zero-order valence-corrected chi connectivity index (χ0v) is 20.3. The second-order valence-corrected chi connectivity index (χ2v) is 9.16. The molecule has 0 unspecified atom stereocenters. The Morgan fingerprint density at radius 1 is 1.17 bits per heavy atom. The van der Waals surface area contributed by atoms with Crippen molar-refractivity contribution in [3.8, 4) is 11.5 Å². The quantitative estimate of drug-likeness (QED) is 0.294. The minimum Gasteiger partial charge on any atom is -0.507 e. The molecule has 3 aromatic rings. The van der Waals surface area contributed by atoms with E-state index in [0.717, 1.165) is 23.3 Å². The Kier molecular flexibility index (Phi) is 6.46. The van der Waals surface area contributed by atoms with E-state index in [4.69, 9.17) is 9.47 Å². The summed E-state index contributed by atoms with van der Waals surface area (Å²) in [5.41, 5.74) is 2.97. The Morgan fingerprint density at radius 2 is 2.03 bits per heavy atom. The summed E-state index contributed by atoms with van der Waals surface area (Å²) in [7, 11) is 0. The summed E-state index contributed by atoms with van der Waals surface area (Å²) in [5.74, 6) is -0.164. The fourth-order valence-electron chi connectivity index (χ4n) is 4.80. The summed E-state index contributed by atoms with van der Waals surface area (Å²) >= 11 is 0. The number of Topliss-reactive ketones (excluding diaryl/α,β-unsaturated/α-hetero) is 1. The molecule has 1 N–H and O–H groups in total. The highest BCUT2D eigenvalue weighted by Crippen LogP contribution is 2.42. The number of likely N-dealkylation sites (tertiary alicyclic amines) is 1. The van der Waals surface area contributed by atoms with E-state index in [-0.39, 0.29) is 24.0 Å². The molecular formula is C29H28N2O5. The topological polar surface area (TPSA) is 89.0 Å². The van der Waals surface area contributed by atoms with Crippen LogP contribution in [-0.4, -0.2) is 39.4 Å². The summed E-state index contributed by atoms with van der Waals surface area (Å²) < 4.78 is 11.6. The number of benzene rings is 2. The lowest BCUT2D eigenvalue weighted by Gasteiger charge is -2.25. The van der Waals surface area contributed by atoms with E-state index in [1.807, 2.05) is 50.2 Å². The minimum absolute atomic E-state index is 0.0494. The number of aromatic nitrogens is 1. The second kappa shape index (κ2) is 9.85. The Morgan fingerprint density at radius 3 is 2.81 bits per heavy atom. The van der Waals surface area contributed by atoms with Gasteiger partial charge >= 0.3 is 0 Å². The number of ether oxygens (including phenoxy) is 2. The van der Waals surface area contributed by atoms with Gasteiger partial charge in [-0.2, -0.15) is 0 Å². The van der Waals surface area contributed by atoms with Crippen molar-refractivity contribution in [2.75, 3.05) is 6.61 Å². The fourth-order valence-corrected chi connectivity index (χ4v) is 4.80. The number of nitrogens with zero attached hydrogens (tertiary/aromatic N) is 2. The number of amides is 1. The standard InChI is InChI=1S/C29H28N2O5/c1-3-12-35-23-8-4-7-20(15-23)26-25(27(32)21-9-10-24-22(14-21)13-18(2)36-24)28(33)29(34)31(26)17-19-6-5-11-30-16-19/h4-11,14-16,18,26,32H,3,12-13,17H2,1-2H3/b27-25+/t18-,26-/m0/s1. The van der Waals surface area contributed by atoms with E-state index in [0.29, 0.717) is 29.9 Å². The molecule has 0 saturated carbocycles. The molecule has 1 aromatic heterocycles. The smallest absolute Gasteiger partial charge is 0.295 e. The van der Waals surface area contributed by atoms with Gasteiger partial charge in [-0.05, 0) is 66.4 Å². The van der Waals surface area contributed by atoms with Gasteiger partial charge in [-0.25, -0.2) is 0 Å². The number of aliphatic hydroxyl groups excluding tert-OH is 1. The second-order valence-electron chi connectivity index (χ2n) is 9.16. The first-order valence-corrected chi connectivity index (χ1v) is 12.2. The van der Waals surface area contributed by atoms with Crippen LogP contribution < -0.4 is 9.47 Å². The van der Waals surface area contributed by atoms with Crippen molar-refractivity contribution in [2.24, 2.45) is 0 Å². The maximum Gasteiger partial charge on any atom is 0.295 e. The maximum absolute atomic E-state index is 13.4. The fraction of sp³-hybridized carbons (Fsp3) is 0.276. The highest BCUT2D eigenvalue weighted by atomic mass is 16.5. The number of carbonyl (C=O) groups excluding carboxylic acids is 2. The van der Waals surface area contributed by atoms with Crippen molar-refractivity contribution in [3.05, 3.63) is 94.8 Å². The molecule has 0 spiro atoms. The molecule has 2 aliphatic heterocycles. The highest BCUT2D eigenvalue weighted by Gasteiger charge is 2.46. The van der Waals surface area contributed by atoms with Crippen molar-refractivity contribution >= 4 is 17.4 Å². The van der Waals surface area contributed by atoms with E-state index in [1.165, 1.54) is 4.90 Å². The molecule has 1 saturated heterocycles. The van der Waals surface area contributed by atoms with Gasteiger partial charge in [0.2, 0.25) is 0 Å². The zero-order chi connectivity index (χ0) is 25.2. The van der Waals surface area contributed by atoms with Crippen LogP contribution >= 0.6 is 0 Å². The lowest BCUT2D eigenvalue weighted by molar-refractivity contribution is -0.140. The van der Waals surface area contributed by atoms with Gasteiger partial charge < -0.3 is 19.5 Å². The van der Waals surface area contributed by atoms with Crippen LogP contribution in [0.5, 0.6) is 11.5 Å². The molecule has 1 amide bonds. The molecule has 7 nitrogen and oxygen atoms in total. The number of pyridine rings is 1. The van der Waals surface area contributed by atoms with E-state index >= 15 is 0 Å². The minimum atomic E-state index is -0.779. The lowest BCUT2D eigenvalue weighted by Crippen LogP contribution is -2.29. The van der Waals surface area contributed by atoms with E-state index in [1.54, 1.807) is 30.6 Å². The molecular weight excluding hydrogens is 456 g/mol. The number of fused-ring (bicyclic) bond motifs is 1. The van der Waals surface area contributed by atoms with Crippen molar-refractivity contribution in [1.29, 1.82) is 0 Å². The molecule has 1 fully saturated rings. The van der Waals surface area contributed by atoms with Crippen LogP contribution in [0, 0.1) is 0 Å². The normalized spacial score (nSPS) is 20.3. The van der Waals surface area contributed by atoms with Gasteiger partial charge in [-0.3, -0.25) is 14.6 Å². The summed E-state index contributed by atoms with van der Waals surface area (Å²) in [6.45, 7) is 4.73. The molecule has 3 heterocycles. The first kappa shape index (κ1) is 23.6. The first-order valence-electron chi connectivity index (χ1n) is 12.2. The third-order valence-electron chi connectivity index (χ3n) is 6.43. The van der Waals surface area contributed by atoms with Gasteiger partial charge in [0.05, 0.1) is 18.2 Å². The first-order chi connectivity index (χ1) is 17.5. The zero-order valence-electron chi connectivity index (χ0n) is 20.3. The molecule has 2 aromatic carbocycles.